The Morgan fingerprint density at radius 1 is 1.22 bits per heavy atom. The Balaban J connectivity index is 1.85. The van der Waals surface area contributed by atoms with Crippen molar-refractivity contribution in [3.63, 3.8) is 0 Å². The maximum Gasteiger partial charge on any atom is 0.280 e. The van der Waals surface area contributed by atoms with Crippen molar-refractivity contribution in [3.05, 3.63) is 45.4 Å². The van der Waals surface area contributed by atoms with Crippen LogP contribution in [0.5, 0.6) is 0 Å². The van der Waals surface area contributed by atoms with Crippen LogP contribution < -0.4 is 11.1 Å². The summed E-state index contributed by atoms with van der Waals surface area (Å²) < 4.78 is 6.50. The zero-order valence-corrected chi connectivity index (χ0v) is 12.6. The summed E-state index contributed by atoms with van der Waals surface area (Å²) in [6.45, 7) is 3.28. The first kappa shape index (κ1) is 15.7. The number of rotatable bonds is 4. The van der Waals surface area contributed by atoms with Crippen molar-refractivity contribution in [2.45, 2.75) is 12.6 Å². The number of ether oxygens (including phenoxy) is 1. The van der Waals surface area contributed by atoms with Crippen LogP contribution >= 0.6 is 0 Å². The molecule has 2 aromatic rings. The predicted molar refractivity (Wildman–Crippen MR) is 83.3 cm³/mol. The first-order valence-corrected chi connectivity index (χ1v) is 7.48. The van der Waals surface area contributed by atoms with Gasteiger partial charge in [-0.1, -0.05) is 0 Å². The Bertz CT molecular complexity index is 801. The van der Waals surface area contributed by atoms with Crippen molar-refractivity contribution >= 4 is 10.9 Å². The fraction of sp³-hybridized carbons (Fsp3) is 0.467. The number of aliphatic hydroxyl groups excluding tert-OH is 1. The van der Waals surface area contributed by atoms with Gasteiger partial charge in [-0.25, -0.2) is 0 Å². The minimum absolute atomic E-state index is 0.0585. The van der Waals surface area contributed by atoms with Crippen LogP contribution in [0, 0.1) is 0 Å². The van der Waals surface area contributed by atoms with Gasteiger partial charge in [0.05, 0.1) is 31.2 Å². The zero-order valence-electron chi connectivity index (χ0n) is 12.6. The largest absolute Gasteiger partial charge is 0.390 e. The molecule has 1 aliphatic rings. The van der Waals surface area contributed by atoms with Crippen molar-refractivity contribution in [3.8, 4) is 0 Å². The molecule has 0 bridgehead atoms. The number of hydrogen-bond donors (Lipinski definition) is 1. The van der Waals surface area contributed by atoms with Crippen LogP contribution in [-0.2, 0) is 11.3 Å². The third-order valence-corrected chi connectivity index (χ3v) is 3.80. The molecule has 8 nitrogen and oxygen atoms in total. The predicted octanol–water partition coefficient (Wildman–Crippen LogP) is -1.16. The lowest BCUT2D eigenvalue weighted by Crippen LogP contribution is -2.42. The number of aliphatic hydroxyl groups is 1. The Hall–Kier alpha value is -2.16. The van der Waals surface area contributed by atoms with Gasteiger partial charge in [-0.3, -0.25) is 24.0 Å². The Labute approximate surface area is 132 Å². The number of aromatic nitrogens is 3. The zero-order chi connectivity index (χ0) is 16.2. The van der Waals surface area contributed by atoms with Crippen molar-refractivity contribution < 1.29 is 9.84 Å². The van der Waals surface area contributed by atoms with E-state index in [-0.39, 0.29) is 17.4 Å². The molecule has 0 aliphatic carbocycles. The van der Waals surface area contributed by atoms with Gasteiger partial charge >= 0.3 is 0 Å². The summed E-state index contributed by atoms with van der Waals surface area (Å²) in [5.41, 5.74) is -0.878. The summed E-state index contributed by atoms with van der Waals surface area (Å²) in [7, 11) is 0. The van der Waals surface area contributed by atoms with Crippen LogP contribution in [0.15, 0.2) is 34.2 Å². The molecule has 1 unspecified atom stereocenters. The molecule has 2 aromatic heterocycles. The maximum atomic E-state index is 12.5. The van der Waals surface area contributed by atoms with Crippen molar-refractivity contribution in [2.24, 2.45) is 0 Å². The van der Waals surface area contributed by atoms with Gasteiger partial charge in [0.15, 0.2) is 0 Å². The van der Waals surface area contributed by atoms with Gasteiger partial charge in [-0.15, -0.1) is 0 Å². The van der Waals surface area contributed by atoms with E-state index in [2.05, 4.69) is 14.9 Å². The van der Waals surface area contributed by atoms with Crippen LogP contribution in [0.2, 0.25) is 0 Å². The molecule has 8 heteroatoms. The SMILES string of the molecule is O=c1ncn(CC(O)CN2CCOCC2)c(=O)c2ncccc12. The summed E-state index contributed by atoms with van der Waals surface area (Å²) >= 11 is 0. The first-order valence-electron chi connectivity index (χ1n) is 7.48. The summed E-state index contributed by atoms with van der Waals surface area (Å²) in [5, 5.41) is 10.4. The molecule has 1 fully saturated rings. The Morgan fingerprint density at radius 3 is 2.78 bits per heavy atom. The summed E-state index contributed by atoms with van der Waals surface area (Å²) in [4.78, 5) is 34.2. The van der Waals surface area contributed by atoms with E-state index in [9.17, 15) is 14.7 Å². The van der Waals surface area contributed by atoms with Crippen LogP contribution in [0.25, 0.3) is 10.9 Å². The molecule has 3 heterocycles. The van der Waals surface area contributed by atoms with E-state index in [1.807, 2.05) is 0 Å². The monoisotopic (exact) mass is 318 g/mol. The standard InChI is InChI=1S/C15H18N4O4/c20-11(8-18-4-6-23-7-5-18)9-19-10-17-14(21)12-2-1-3-16-13(12)15(19)22/h1-3,10-11,20H,4-9H2. The van der Waals surface area contributed by atoms with Gasteiger partial charge in [-0.2, -0.15) is 4.98 Å². The number of hydrogen-bond acceptors (Lipinski definition) is 7. The number of pyridine rings is 1. The maximum absolute atomic E-state index is 12.5. The normalized spacial score (nSPS) is 17.3. The number of morpholine rings is 1. The van der Waals surface area contributed by atoms with Gasteiger partial charge in [0, 0.05) is 25.8 Å². The second-order valence-corrected chi connectivity index (χ2v) is 5.47. The first-order chi connectivity index (χ1) is 11.1. The smallest absolute Gasteiger partial charge is 0.280 e. The van der Waals surface area contributed by atoms with E-state index >= 15 is 0 Å². The topological polar surface area (TPSA) is 97.5 Å². The van der Waals surface area contributed by atoms with Crippen LogP contribution in [0.4, 0.5) is 0 Å². The van der Waals surface area contributed by atoms with Crippen molar-refractivity contribution in [2.75, 3.05) is 32.8 Å². The molecule has 0 radical (unpaired) electrons. The molecule has 0 saturated carbocycles. The van der Waals surface area contributed by atoms with Crippen LogP contribution in [-0.4, -0.2) is 63.5 Å². The summed E-state index contributed by atoms with van der Waals surface area (Å²) in [6, 6.07) is 3.11. The van der Waals surface area contributed by atoms with E-state index in [4.69, 9.17) is 4.74 Å². The van der Waals surface area contributed by atoms with Crippen molar-refractivity contribution in [1.29, 1.82) is 0 Å². The lowest BCUT2D eigenvalue weighted by Gasteiger charge is -2.28. The van der Waals surface area contributed by atoms with Gasteiger partial charge in [0.25, 0.3) is 11.1 Å². The molecule has 1 N–H and O–H groups in total. The average Bonchev–Trinajstić information content (AvgIpc) is 2.68. The number of nitrogens with zero attached hydrogens (tertiary/aromatic N) is 4. The highest BCUT2D eigenvalue weighted by atomic mass is 16.5. The van der Waals surface area contributed by atoms with Crippen LogP contribution in [0.3, 0.4) is 0 Å². The molecular formula is C15H18N4O4. The summed E-state index contributed by atoms with van der Waals surface area (Å²) in [5.74, 6) is 0. The van der Waals surface area contributed by atoms with Crippen molar-refractivity contribution in [1.82, 2.24) is 19.4 Å². The minimum Gasteiger partial charge on any atom is -0.390 e. The van der Waals surface area contributed by atoms with Crippen LogP contribution in [0.1, 0.15) is 0 Å². The quantitative estimate of drug-likeness (QED) is 0.760. The fourth-order valence-electron chi connectivity index (χ4n) is 2.63. The lowest BCUT2D eigenvalue weighted by atomic mass is 10.3. The highest BCUT2D eigenvalue weighted by molar-refractivity contribution is 5.75. The van der Waals surface area contributed by atoms with Gasteiger partial charge < -0.3 is 9.84 Å². The van der Waals surface area contributed by atoms with Gasteiger partial charge in [0.2, 0.25) is 0 Å². The average molecular weight is 318 g/mol. The third-order valence-electron chi connectivity index (χ3n) is 3.80. The molecule has 1 atom stereocenters. The molecule has 122 valence electrons. The van der Waals surface area contributed by atoms with E-state index in [1.165, 1.54) is 23.2 Å². The second-order valence-electron chi connectivity index (χ2n) is 5.47. The molecule has 0 aromatic carbocycles. The van der Waals surface area contributed by atoms with E-state index < -0.39 is 17.2 Å². The Kier molecular flexibility index (Phi) is 4.75. The van der Waals surface area contributed by atoms with Gasteiger partial charge in [0.1, 0.15) is 11.8 Å². The number of fused-ring (bicyclic) bond motifs is 1. The van der Waals surface area contributed by atoms with E-state index in [1.54, 1.807) is 6.07 Å². The van der Waals surface area contributed by atoms with E-state index in [0.29, 0.717) is 19.8 Å². The Morgan fingerprint density at radius 2 is 2.00 bits per heavy atom. The second kappa shape index (κ2) is 6.95. The number of β-amino-alcohol motifs (C(OH)–C–C–N with tert-alkyl or cyclic N) is 1. The molecule has 0 spiro atoms. The molecule has 1 aliphatic heterocycles. The highest BCUT2D eigenvalue weighted by Gasteiger charge is 2.16. The lowest BCUT2D eigenvalue weighted by molar-refractivity contribution is 0.0113. The minimum atomic E-state index is -0.746. The molecule has 1 saturated heterocycles. The van der Waals surface area contributed by atoms with E-state index in [0.717, 1.165) is 13.1 Å². The molecule has 0 amide bonds. The van der Waals surface area contributed by atoms with Gasteiger partial charge in [-0.05, 0) is 12.1 Å². The fourth-order valence-corrected chi connectivity index (χ4v) is 2.63. The molecule has 3 rings (SSSR count). The highest BCUT2D eigenvalue weighted by Crippen LogP contribution is 2.01. The third kappa shape index (κ3) is 3.61. The molecule has 23 heavy (non-hydrogen) atoms. The summed E-state index contributed by atoms with van der Waals surface area (Å²) in [6.07, 6.45) is 1.89. The molecular weight excluding hydrogens is 300 g/mol.